The third-order valence-electron chi connectivity index (χ3n) is 8.23. The van der Waals surface area contributed by atoms with Crippen molar-refractivity contribution in [1.29, 1.82) is 0 Å². The standard InChI is InChI=1S/C17H16F3NO.C16H15NO.C4H8O/c18-17(19,20)16(22)11-21(12-16)15(13-7-3-1-4-8-13)14-9-5-2-6-10-14;18-15-11-17(12-15)16(13-7-3-1-4-8-13)14-9-5-2-6-10-14;1-2-4-5-3-1/h1-10,15,22H,11-12H2;1-10,16H,11-12H2;1-4H2. The number of likely N-dealkylation sites (tertiary alicyclic amines) is 2. The molecule has 3 heterocycles. The van der Waals surface area contributed by atoms with Gasteiger partial charge in [0, 0.05) is 26.3 Å². The van der Waals surface area contributed by atoms with Gasteiger partial charge in [-0.3, -0.25) is 14.6 Å². The van der Waals surface area contributed by atoms with Crippen molar-refractivity contribution >= 4 is 5.78 Å². The molecule has 0 spiro atoms. The zero-order valence-corrected chi connectivity index (χ0v) is 25.2. The van der Waals surface area contributed by atoms with Crippen LogP contribution in [0.3, 0.4) is 0 Å². The fraction of sp³-hybridized carbons (Fsp3) is 0.324. The maximum Gasteiger partial charge on any atom is 0.419 e. The molecule has 4 aromatic carbocycles. The van der Waals surface area contributed by atoms with E-state index in [1.165, 1.54) is 24.0 Å². The molecule has 0 aliphatic carbocycles. The molecule has 0 saturated carbocycles. The largest absolute Gasteiger partial charge is 0.419 e. The number of nitrogens with zero attached hydrogens (tertiary/aromatic N) is 2. The van der Waals surface area contributed by atoms with E-state index in [4.69, 9.17) is 4.74 Å². The molecule has 7 rings (SSSR count). The van der Waals surface area contributed by atoms with E-state index >= 15 is 0 Å². The van der Waals surface area contributed by atoms with Gasteiger partial charge in [-0.2, -0.15) is 13.2 Å². The van der Waals surface area contributed by atoms with Gasteiger partial charge in [-0.05, 0) is 35.1 Å². The maximum absolute atomic E-state index is 12.8. The van der Waals surface area contributed by atoms with Gasteiger partial charge in [0.2, 0.25) is 0 Å². The summed E-state index contributed by atoms with van der Waals surface area (Å²) >= 11 is 0. The highest BCUT2D eigenvalue weighted by Gasteiger charge is 2.62. The fourth-order valence-corrected chi connectivity index (χ4v) is 5.86. The summed E-state index contributed by atoms with van der Waals surface area (Å²) in [7, 11) is 0. The van der Waals surface area contributed by atoms with Crippen molar-refractivity contribution < 1.29 is 27.8 Å². The van der Waals surface area contributed by atoms with E-state index in [2.05, 4.69) is 29.2 Å². The van der Waals surface area contributed by atoms with Gasteiger partial charge < -0.3 is 9.84 Å². The second-order valence-corrected chi connectivity index (χ2v) is 11.6. The Morgan fingerprint density at radius 2 is 0.933 bits per heavy atom. The van der Waals surface area contributed by atoms with Crippen molar-refractivity contribution in [3.63, 3.8) is 0 Å². The number of halogens is 3. The number of ether oxygens (including phenoxy) is 1. The second-order valence-electron chi connectivity index (χ2n) is 11.6. The number of alkyl halides is 3. The fourth-order valence-electron chi connectivity index (χ4n) is 5.86. The number of aliphatic hydroxyl groups is 1. The van der Waals surface area contributed by atoms with Crippen LogP contribution in [0.25, 0.3) is 0 Å². The molecule has 3 saturated heterocycles. The Morgan fingerprint density at radius 1 is 0.600 bits per heavy atom. The highest BCUT2D eigenvalue weighted by Crippen LogP contribution is 2.43. The molecule has 45 heavy (non-hydrogen) atoms. The monoisotopic (exact) mass is 616 g/mol. The van der Waals surface area contributed by atoms with E-state index in [1.807, 2.05) is 97.1 Å². The lowest BCUT2D eigenvalue weighted by Crippen LogP contribution is -2.69. The van der Waals surface area contributed by atoms with E-state index < -0.39 is 24.9 Å². The SMILES string of the molecule is C1CCOC1.O=C1CN(C(c2ccccc2)c2ccccc2)C1.OC1(C(F)(F)F)CN(C(c2ccccc2)c2ccccc2)C1. The summed E-state index contributed by atoms with van der Waals surface area (Å²) in [6, 6.07) is 39.4. The number of hydrogen-bond donors (Lipinski definition) is 1. The van der Waals surface area contributed by atoms with E-state index in [-0.39, 0.29) is 12.1 Å². The lowest BCUT2D eigenvalue weighted by molar-refractivity contribution is -0.304. The molecular weight excluding hydrogens is 577 g/mol. The van der Waals surface area contributed by atoms with Crippen LogP contribution in [0.4, 0.5) is 13.2 Å². The summed E-state index contributed by atoms with van der Waals surface area (Å²) in [6.07, 6.45) is -2.04. The van der Waals surface area contributed by atoms with Gasteiger partial charge in [0.25, 0.3) is 0 Å². The molecule has 0 atom stereocenters. The van der Waals surface area contributed by atoms with Crippen LogP contribution in [0.1, 0.15) is 47.2 Å². The van der Waals surface area contributed by atoms with E-state index in [0.29, 0.717) is 18.9 Å². The van der Waals surface area contributed by atoms with Gasteiger partial charge in [0.05, 0.1) is 25.2 Å². The summed E-state index contributed by atoms with van der Waals surface area (Å²) < 4.78 is 43.5. The Kier molecular flexibility index (Phi) is 10.8. The number of ketones is 1. The lowest BCUT2D eigenvalue weighted by atomic mass is 9.87. The Balaban J connectivity index is 0.000000156. The number of carbonyl (C=O) groups excluding carboxylic acids is 1. The third-order valence-corrected chi connectivity index (χ3v) is 8.23. The highest BCUT2D eigenvalue weighted by molar-refractivity contribution is 5.88. The van der Waals surface area contributed by atoms with Crippen molar-refractivity contribution in [2.45, 2.75) is 36.7 Å². The number of hydrogen-bond acceptors (Lipinski definition) is 5. The van der Waals surface area contributed by atoms with E-state index in [9.17, 15) is 23.1 Å². The summed E-state index contributed by atoms with van der Waals surface area (Å²) in [6.45, 7) is 2.30. The molecule has 4 aromatic rings. The average molecular weight is 617 g/mol. The van der Waals surface area contributed by atoms with Crippen LogP contribution < -0.4 is 0 Å². The maximum atomic E-state index is 12.8. The first-order chi connectivity index (χ1) is 21.7. The summed E-state index contributed by atoms with van der Waals surface area (Å²) in [5.41, 5.74) is 1.72. The minimum Gasteiger partial charge on any atom is -0.381 e. The highest BCUT2D eigenvalue weighted by atomic mass is 19.4. The molecule has 5 nitrogen and oxygen atoms in total. The second kappa shape index (κ2) is 15.0. The first kappa shape index (κ1) is 32.6. The van der Waals surface area contributed by atoms with Gasteiger partial charge in [-0.1, -0.05) is 121 Å². The summed E-state index contributed by atoms with van der Waals surface area (Å²) in [5.74, 6) is 0.326. The van der Waals surface area contributed by atoms with Crippen molar-refractivity contribution in [1.82, 2.24) is 9.80 Å². The average Bonchev–Trinajstić information content (AvgIpc) is 3.62. The van der Waals surface area contributed by atoms with Crippen LogP contribution in [0.5, 0.6) is 0 Å². The van der Waals surface area contributed by atoms with Crippen LogP contribution in [0, 0.1) is 0 Å². The van der Waals surface area contributed by atoms with Crippen molar-refractivity contribution in [3.8, 4) is 0 Å². The van der Waals surface area contributed by atoms with Crippen molar-refractivity contribution in [3.05, 3.63) is 144 Å². The van der Waals surface area contributed by atoms with Crippen molar-refractivity contribution in [2.75, 3.05) is 39.4 Å². The number of β-amino-alcohol motifs (C(OH)–C–C–N with tert-alkyl or cyclic N) is 1. The first-order valence-electron chi connectivity index (χ1n) is 15.3. The topological polar surface area (TPSA) is 53.0 Å². The molecule has 1 N–H and O–H groups in total. The molecule has 3 aliphatic rings. The Morgan fingerprint density at radius 3 is 1.20 bits per heavy atom. The van der Waals surface area contributed by atoms with Gasteiger partial charge in [0.1, 0.15) is 0 Å². The van der Waals surface area contributed by atoms with Crippen LogP contribution in [-0.4, -0.2) is 71.9 Å². The van der Waals surface area contributed by atoms with Crippen LogP contribution in [0.2, 0.25) is 0 Å². The third kappa shape index (κ3) is 8.27. The van der Waals surface area contributed by atoms with Crippen molar-refractivity contribution in [2.24, 2.45) is 0 Å². The minimum absolute atomic E-state index is 0.199. The lowest BCUT2D eigenvalue weighted by Gasteiger charge is -2.50. The van der Waals surface area contributed by atoms with Crippen LogP contribution in [0.15, 0.2) is 121 Å². The molecule has 0 radical (unpaired) electrons. The summed E-state index contributed by atoms with van der Waals surface area (Å²) in [4.78, 5) is 15.1. The first-order valence-corrected chi connectivity index (χ1v) is 15.3. The predicted molar refractivity (Wildman–Crippen MR) is 169 cm³/mol. The van der Waals surface area contributed by atoms with Crippen LogP contribution in [-0.2, 0) is 9.53 Å². The van der Waals surface area contributed by atoms with Crippen LogP contribution >= 0.6 is 0 Å². The molecule has 0 aromatic heterocycles. The zero-order valence-electron chi connectivity index (χ0n) is 25.2. The Hall–Kier alpha value is -3.82. The predicted octanol–water partition coefficient (Wildman–Crippen LogP) is 6.84. The zero-order chi connectivity index (χ0) is 31.7. The molecule has 3 aliphatic heterocycles. The number of carbonyl (C=O) groups is 1. The molecule has 0 bridgehead atoms. The molecule has 0 unspecified atom stereocenters. The van der Waals surface area contributed by atoms with Gasteiger partial charge in [0.15, 0.2) is 11.4 Å². The molecule has 0 amide bonds. The van der Waals surface area contributed by atoms with Gasteiger partial charge in [-0.15, -0.1) is 0 Å². The number of rotatable bonds is 6. The Labute approximate surface area is 262 Å². The van der Waals surface area contributed by atoms with Gasteiger partial charge in [-0.25, -0.2) is 0 Å². The molecule has 236 valence electrons. The molecular formula is C37H39F3N2O3. The Bertz CT molecular complexity index is 1370. The minimum atomic E-state index is -4.60. The van der Waals surface area contributed by atoms with E-state index in [0.717, 1.165) is 24.3 Å². The molecule has 8 heteroatoms. The normalized spacial score (nSPS) is 17.9. The summed E-state index contributed by atoms with van der Waals surface area (Å²) in [5, 5.41) is 9.69. The smallest absolute Gasteiger partial charge is 0.381 e. The van der Waals surface area contributed by atoms with E-state index in [1.54, 1.807) is 4.90 Å². The van der Waals surface area contributed by atoms with Gasteiger partial charge >= 0.3 is 6.18 Å². The number of Topliss-reactive ketones (excluding diaryl/α,β-unsaturated/α-hetero) is 1. The molecule has 3 fully saturated rings. The quantitative estimate of drug-likeness (QED) is 0.257. The number of benzene rings is 4.